The summed E-state index contributed by atoms with van der Waals surface area (Å²) in [6, 6.07) is 0.689. The van der Waals surface area contributed by atoms with E-state index in [1.807, 2.05) is 6.92 Å². The van der Waals surface area contributed by atoms with Crippen LogP contribution in [0.4, 0.5) is 5.82 Å². The fraction of sp³-hybridized carbons (Fsp3) is 0.647. The summed E-state index contributed by atoms with van der Waals surface area (Å²) in [6.07, 6.45) is 10.7. The number of hydrogen-bond donors (Lipinski definition) is 0. The average molecular weight is 284 g/mol. The van der Waals surface area contributed by atoms with Gasteiger partial charge in [0, 0.05) is 43.5 Å². The van der Waals surface area contributed by atoms with Crippen LogP contribution in [0.1, 0.15) is 36.3 Å². The molecule has 1 saturated heterocycles. The van der Waals surface area contributed by atoms with Crippen LogP contribution in [0.2, 0.25) is 0 Å². The van der Waals surface area contributed by atoms with Crippen molar-refractivity contribution >= 4 is 5.82 Å². The van der Waals surface area contributed by atoms with Crippen molar-refractivity contribution in [3.63, 3.8) is 0 Å². The summed E-state index contributed by atoms with van der Waals surface area (Å²) < 4.78 is 0. The molecule has 3 aliphatic rings. The molecule has 4 rings (SSSR count). The second-order valence-electron chi connectivity index (χ2n) is 6.54. The van der Waals surface area contributed by atoms with Gasteiger partial charge >= 0.3 is 0 Å². The molecule has 0 bridgehead atoms. The molecule has 1 aromatic heterocycles. The maximum absolute atomic E-state index is 4.81. The lowest BCUT2D eigenvalue weighted by Crippen LogP contribution is -2.36. The fourth-order valence-corrected chi connectivity index (χ4v) is 3.98. The summed E-state index contributed by atoms with van der Waals surface area (Å²) >= 11 is 0. The summed E-state index contributed by atoms with van der Waals surface area (Å²) in [5.74, 6) is 2.18. The number of aryl methyl sites for hydroxylation is 2. The van der Waals surface area contributed by atoms with Crippen LogP contribution >= 0.6 is 0 Å². The summed E-state index contributed by atoms with van der Waals surface area (Å²) in [5.41, 5.74) is 2.75. The Hall–Kier alpha value is -1.42. The van der Waals surface area contributed by atoms with Crippen LogP contribution in [0.3, 0.4) is 0 Å². The smallest absolute Gasteiger partial charge is 0.135 e. The summed E-state index contributed by atoms with van der Waals surface area (Å²) in [7, 11) is 0. The minimum Gasteiger partial charge on any atom is -0.355 e. The lowest BCUT2D eigenvalue weighted by atomic mass is 9.96. The second kappa shape index (κ2) is 5.41. The van der Waals surface area contributed by atoms with Gasteiger partial charge in [0.2, 0.25) is 0 Å². The molecule has 1 unspecified atom stereocenters. The van der Waals surface area contributed by atoms with Gasteiger partial charge in [-0.25, -0.2) is 9.97 Å². The molecule has 112 valence electrons. The van der Waals surface area contributed by atoms with Crippen molar-refractivity contribution in [2.24, 2.45) is 0 Å². The van der Waals surface area contributed by atoms with Gasteiger partial charge in [-0.15, -0.1) is 0 Å². The third-order valence-electron chi connectivity index (χ3n) is 5.10. The predicted molar refractivity (Wildman–Crippen MR) is 84.7 cm³/mol. The average Bonchev–Trinajstić information content (AvgIpc) is 3.17. The number of nitrogens with zero attached hydrogens (tertiary/aromatic N) is 4. The maximum atomic E-state index is 4.81. The molecule has 0 radical (unpaired) electrons. The quantitative estimate of drug-likeness (QED) is 0.779. The van der Waals surface area contributed by atoms with Gasteiger partial charge in [0.15, 0.2) is 0 Å². The second-order valence-corrected chi connectivity index (χ2v) is 6.54. The maximum Gasteiger partial charge on any atom is 0.135 e. The molecule has 1 aromatic rings. The van der Waals surface area contributed by atoms with Gasteiger partial charge in [-0.2, -0.15) is 0 Å². The van der Waals surface area contributed by atoms with E-state index in [1.165, 1.54) is 36.3 Å². The lowest BCUT2D eigenvalue weighted by molar-refractivity contribution is 0.271. The van der Waals surface area contributed by atoms with Crippen molar-refractivity contribution < 1.29 is 0 Å². The van der Waals surface area contributed by atoms with E-state index in [0.717, 1.165) is 44.8 Å². The third kappa shape index (κ3) is 2.46. The van der Waals surface area contributed by atoms with Crippen molar-refractivity contribution in [3.05, 3.63) is 29.2 Å². The highest BCUT2D eigenvalue weighted by atomic mass is 15.3. The van der Waals surface area contributed by atoms with Crippen LogP contribution in [0, 0.1) is 6.92 Å². The van der Waals surface area contributed by atoms with Crippen LogP contribution in [-0.4, -0.2) is 47.1 Å². The first-order chi connectivity index (χ1) is 10.3. The molecule has 3 heterocycles. The lowest BCUT2D eigenvalue weighted by Gasteiger charge is -2.27. The summed E-state index contributed by atoms with van der Waals surface area (Å²) in [4.78, 5) is 14.6. The number of hydrogen-bond acceptors (Lipinski definition) is 4. The Morgan fingerprint density at radius 2 is 1.90 bits per heavy atom. The molecular formula is C17H24N4. The Morgan fingerprint density at radius 3 is 2.76 bits per heavy atom. The van der Waals surface area contributed by atoms with Crippen molar-refractivity contribution in [1.82, 2.24) is 14.9 Å². The zero-order valence-corrected chi connectivity index (χ0v) is 12.9. The minimum absolute atomic E-state index is 0.689. The number of rotatable bonds is 2. The van der Waals surface area contributed by atoms with E-state index in [4.69, 9.17) is 4.98 Å². The minimum atomic E-state index is 0.689. The van der Waals surface area contributed by atoms with E-state index in [9.17, 15) is 0 Å². The molecule has 0 amide bonds. The molecule has 1 fully saturated rings. The predicted octanol–water partition coefficient (Wildman–Crippen LogP) is 2.11. The monoisotopic (exact) mass is 284 g/mol. The highest BCUT2D eigenvalue weighted by molar-refractivity contribution is 5.51. The van der Waals surface area contributed by atoms with Gasteiger partial charge in [0.25, 0.3) is 0 Å². The number of aromatic nitrogens is 2. The van der Waals surface area contributed by atoms with Gasteiger partial charge in [-0.05, 0) is 39.0 Å². The van der Waals surface area contributed by atoms with E-state index in [1.54, 1.807) is 0 Å². The SMILES string of the molecule is Cc1nc2c(c(N3CCC(N4CC=CC4)C3)n1)CCCC2. The fourth-order valence-electron chi connectivity index (χ4n) is 3.98. The molecule has 4 heteroatoms. The van der Waals surface area contributed by atoms with Gasteiger partial charge < -0.3 is 4.90 Å². The normalized spacial score (nSPS) is 25.6. The number of anilines is 1. The van der Waals surface area contributed by atoms with E-state index < -0.39 is 0 Å². The highest BCUT2D eigenvalue weighted by Crippen LogP contribution is 2.31. The standard InChI is InChI=1S/C17H24N4/c1-13-18-16-7-3-2-6-15(16)17(19-13)21-11-8-14(12-21)20-9-4-5-10-20/h4-5,14H,2-3,6-12H2,1H3. The van der Waals surface area contributed by atoms with Crippen LogP contribution in [0.5, 0.6) is 0 Å². The van der Waals surface area contributed by atoms with Gasteiger partial charge in [0.1, 0.15) is 11.6 Å². The van der Waals surface area contributed by atoms with E-state index in [-0.39, 0.29) is 0 Å². The molecule has 0 N–H and O–H groups in total. The van der Waals surface area contributed by atoms with Gasteiger partial charge in [-0.3, -0.25) is 4.90 Å². The first-order valence-corrected chi connectivity index (χ1v) is 8.31. The van der Waals surface area contributed by atoms with Crippen molar-refractivity contribution in [1.29, 1.82) is 0 Å². The van der Waals surface area contributed by atoms with Crippen LogP contribution < -0.4 is 4.90 Å². The van der Waals surface area contributed by atoms with Crippen molar-refractivity contribution in [2.75, 3.05) is 31.1 Å². The van der Waals surface area contributed by atoms with Crippen molar-refractivity contribution in [2.45, 2.75) is 45.1 Å². The Kier molecular flexibility index (Phi) is 3.42. The summed E-state index contributed by atoms with van der Waals surface area (Å²) in [6.45, 7) is 6.56. The Morgan fingerprint density at radius 1 is 1.10 bits per heavy atom. The largest absolute Gasteiger partial charge is 0.355 e. The Bertz CT molecular complexity index is 558. The van der Waals surface area contributed by atoms with Crippen LogP contribution in [-0.2, 0) is 12.8 Å². The van der Waals surface area contributed by atoms with Crippen LogP contribution in [0.25, 0.3) is 0 Å². The highest BCUT2D eigenvalue weighted by Gasteiger charge is 2.31. The molecule has 0 aromatic carbocycles. The first kappa shape index (κ1) is 13.3. The Balaban J connectivity index is 1.58. The molecule has 0 saturated carbocycles. The Labute approximate surface area is 126 Å². The molecule has 0 spiro atoms. The molecular weight excluding hydrogens is 260 g/mol. The van der Waals surface area contributed by atoms with E-state index in [0.29, 0.717) is 6.04 Å². The van der Waals surface area contributed by atoms with Gasteiger partial charge in [0.05, 0.1) is 0 Å². The summed E-state index contributed by atoms with van der Waals surface area (Å²) in [5, 5.41) is 0. The molecule has 1 atom stereocenters. The molecule has 21 heavy (non-hydrogen) atoms. The first-order valence-electron chi connectivity index (χ1n) is 8.31. The molecule has 4 nitrogen and oxygen atoms in total. The zero-order chi connectivity index (χ0) is 14.2. The topological polar surface area (TPSA) is 32.3 Å². The zero-order valence-electron chi connectivity index (χ0n) is 12.9. The molecule has 1 aliphatic carbocycles. The van der Waals surface area contributed by atoms with E-state index in [2.05, 4.69) is 26.9 Å². The molecule has 2 aliphatic heterocycles. The van der Waals surface area contributed by atoms with E-state index >= 15 is 0 Å². The third-order valence-corrected chi connectivity index (χ3v) is 5.10. The van der Waals surface area contributed by atoms with Gasteiger partial charge in [-0.1, -0.05) is 12.2 Å². The van der Waals surface area contributed by atoms with Crippen LogP contribution in [0.15, 0.2) is 12.2 Å². The number of fused-ring (bicyclic) bond motifs is 1. The van der Waals surface area contributed by atoms with Crippen molar-refractivity contribution in [3.8, 4) is 0 Å².